The monoisotopic (exact) mass is 392 g/mol. The van der Waals surface area contributed by atoms with Crippen LogP contribution in [0.4, 0.5) is 16.4 Å². The minimum absolute atomic E-state index is 0.0859. The van der Waals surface area contributed by atoms with Crippen LogP contribution in [0.1, 0.15) is 21.5 Å². The van der Waals surface area contributed by atoms with Crippen molar-refractivity contribution >= 4 is 23.6 Å². The molecule has 2 saturated heterocycles. The van der Waals surface area contributed by atoms with Crippen LogP contribution in [0.15, 0.2) is 30.6 Å². The third kappa shape index (κ3) is 3.69. The number of cyclic esters (lactones) is 1. The molecular weight excluding hydrogens is 372 g/mol. The number of hydrogen-bond donors (Lipinski definition) is 0. The van der Waals surface area contributed by atoms with Gasteiger partial charge in [-0.1, -0.05) is 0 Å². The van der Waals surface area contributed by atoms with Gasteiger partial charge in [0.2, 0.25) is 0 Å². The van der Waals surface area contributed by atoms with Crippen LogP contribution in [-0.4, -0.2) is 66.2 Å². The van der Waals surface area contributed by atoms with E-state index in [9.17, 15) is 9.59 Å². The molecule has 0 bridgehead atoms. The Morgan fingerprint density at radius 2 is 1.93 bits per heavy atom. The summed E-state index contributed by atoms with van der Waals surface area (Å²) in [5, 5.41) is 8.98. The first-order chi connectivity index (χ1) is 14.1. The topological polar surface area (TPSA) is 103 Å². The molecule has 2 aromatic rings. The van der Waals surface area contributed by atoms with Crippen LogP contribution >= 0.6 is 0 Å². The Morgan fingerprint density at radius 1 is 1.14 bits per heavy atom. The van der Waals surface area contributed by atoms with E-state index in [1.54, 1.807) is 23.2 Å². The van der Waals surface area contributed by atoms with Gasteiger partial charge in [0.25, 0.3) is 5.91 Å². The summed E-state index contributed by atoms with van der Waals surface area (Å²) < 4.78 is 4.91. The minimum Gasteiger partial charge on any atom is -0.447 e. The minimum atomic E-state index is -0.417. The summed E-state index contributed by atoms with van der Waals surface area (Å²) >= 11 is 0. The van der Waals surface area contributed by atoms with Crippen molar-refractivity contribution in [3.8, 4) is 6.07 Å². The van der Waals surface area contributed by atoms with Crippen molar-refractivity contribution in [2.75, 3.05) is 49.1 Å². The number of hydrogen-bond acceptors (Lipinski definition) is 7. The standard InChI is InChI=1S/C20H20N6O3/c1-14-10-15(11-21)12-23-18(14)24-4-6-25(7-5-24)19(27)16-2-3-17(22-13-16)26-8-9-29-20(26)28/h2-3,10,12-13H,4-9H2,1H3. The van der Waals surface area contributed by atoms with Crippen LogP contribution in [0, 0.1) is 18.3 Å². The second-order valence-corrected chi connectivity index (χ2v) is 6.93. The smallest absolute Gasteiger partial charge is 0.415 e. The number of ether oxygens (including phenoxy) is 1. The average Bonchev–Trinajstić information content (AvgIpc) is 3.19. The van der Waals surface area contributed by atoms with Gasteiger partial charge in [-0.15, -0.1) is 0 Å². The van der Waals surface area contributed by atoms with Crippen LogP contribution < -0.4 is 9.80 Å². The van der Waals surface area contributed by atoms with Crippen LogP contribution in [0.25, 0.3) is 0 Å². The molecule has 0 aromatic carbocycles. The maximum absolute atomic E-state index is 12.8. The van der Waals surface area contributed by atoms with Crippen molar-refractivity contribution < 1.29 is 14.3 Å². The first-order valence-electron chi connectivity index (χ1n) is 9.38. The lowest BCUT2D eigenvalue weighted by Gasteiger charge is -2.36. The van der Waals surface area contributed by atoms with Gasteiger partial charge < -0.3 is 14.5 Å². The van der Waals surface area contributed by atoms with Gasteiger partial charge in [-0.3, -0.25) is 9.69 Å². The van der Waals surface area contributed by atoms with Crippen LogP contribution in [0.3, 0.4) is 0 Å². The van der Waals surface area contributed by atoms with Gasteiger partial charge in [-0.05, 0) is 30.7 Å². The Hall–Kier alpha value is -3.67. The maximum atomic E-state index is 12.8. The highest BCUT2D eigenvalue weighted by molar-refractivity contribution is 5.95. The third-order valence-corrected chi connectivity index (χ3v) is 5.08. The number of piperazine rings is 1. The fourth-order valence-corrected chi connectivity index (χ4v) is 3.54. The molecule has 2 aromatic heterocycles. The SMILES string of the molecule is Cc1cc(C#N)cnc1N1CCN(C(=O)c2ccc(N3CCOC3=O)nc2)CC1. The zero-order valence-corrected chi connectivity index (χ0v) is 16.0. The molecule has 29 heavy (non-hydrogen) atoms. The lowest BCUT2D eigenvalue weighted by molar-refractivity contribution is 0.0746. The Labute approximate surface area is 168 Å². The van der Waals surface area contributed by atoms with E-state index >= 15 is 0 Å². The van der Waals surface area contributed by atoms with Gasteiger partial charge in [-0.2, -0.15) is 5.26 Å². The second kappa shape index (κ2) is 7.75. The quantitative estimate of drug-likeness (QED) is 0.781. The molecule has 9 nitrogen and oxygen atoms in total. The van der Waals surface area contributed by atoms with E-state index in [2.05, 4.69) is 20.9 Å². The highest BCUT2D eigenvalue weighted by Gasteiger charge is 2.26. The molecule has 2 aliphatic heterocycles. The molecule has 4 heterocycles. The summed E-state index contributed by atoms with van der Waals surface area (Å²) in [5.41, 5.74) is 1.98. The van der Waals surface area contributed by atoms with E-state index in [1.165, 1.54) is 11.1 Å². The molecule has 4 rings (SSSR count). The molecule has 0 radical (unpaired) electrons. The summed E-state index contributed by atoms with van der Waals surface area (Å²) in [6.45, 7) is 5.21. The molecule has 0 atom stereocenters. The molecule has 2 amide bonds. The van der Waals surface area contributed by atoms with Crippen molar-refractivity contribution in [1.82, 2.24) is 14.9 Å². The first kappa shape index (κ1) is 18.7. The van der Waals surface area contributed by atoms with E-state index in [1.807, 2.05) is 13.0 Å². The molecule has 0 saturated carbocycles. The second-order valence-electron chi connectivity index (χ2n) is 6.93. The number of carbonyl (C=O) groups excluding carboxylic acids is 2. The summed E-state index contributed by atoms with van der Waals surface area (Å²) in [7, 11) is 0. The first-order valence-corrected chi connectivity index (χ1v) is 9.38. The summed E-state index contributed by atoms with van der Waals surface area (Å²) in [5.74, 6) is 1.24. The zero-order valence-electron chi connectivity index (χ0n) is 16.0. The molecule has 2 fully saturated rings. The Balaban J connectivity index is 1.39. The number of carbonyl (C=O) groups is 2. The largest absolute Gasteiger partial charge is 0.447 e. The predicted molar refractivity (Wildman–Crippen MR) is 105 cm³/mol. The van der Waals surface area contributed by atoms with Gasteiger partial charge in [0.1, 0.15) is 24.3 Å². The van der Waals surface area contributed by atoms with Crippen LogP contribution in [0.2, 0.25) is 0 Å². The normalized spacial score (nSPS) is 16.6. The third-order valence-electron chi connectivity index (χ3n) is 5.08. The van der Waals surface area contributed by atoms with Crippen molar-refractivity contribution in [2.24, 2.45) is 0 Å². The lowest BCUT2D eigenvalue weighted by atomic mass is 10.2. The van der Waals surface area contributed by atoms with E-state index in [0.717, 1.165) is 11.4 Å². The van der Waals surface area contributed by atoms with E-state index in [-0.39, 0.29) is 5.91 Å². The molecule has 148 valence electrons. The van der Waals surface area contributed by atoms with Crippen LogP contribution in [0.5, 0.6) is 0 Å². The molecule has 0 N–H and O–H groups in total. The highest BCUT2D eigenvalue weighted by atomic mass is 16.6. The maximum Gasteiger partial charge on any atom is 0.415 e. The van der Waals surface area contributed by atoms with Gasteiger partial charge in [0.05, 0.1) is 17.7 Å². The fourth-order valence-electron chi connectivity index (χ4n) is 3.54. The van der Waals surface area contributed by atoms with Crippen LogP contribution in [-0.2, 0) is 4.74 Å². The zero-order chi connectivity index (χ0) is 20.4. The molecule has 9 heteroatoms. The van der Waals surface area contributed by atoms with Gasteiger partial charge in [0.15, 0.2) is 0 Å². The number of pyridine rings is 2. The Morgan fingerprint density at radius 3 is 2.52 bits per heavy atom. The number of aryl methyl sites for hydroxylation is 1. The van der Waals surface area contributed by atoms with Gasteiger partial charge >= 0.3 is 6.09 Å². The highest BCUT2D eigenvalue weighted by Crippen LogP contribution is 2.21. The van der Waals surface area contributed by atoms with Crippen molar-refractivity contribution in [2.45, 2.75) is 6.92 Å². The number of anilines is 2. The Kier molecular flexibility index (Phi) is 4.99. The number of nitrogens with zero attached hydrogens (tertiary/aromatic N) is 6. The van der Waals surface area contributed by atoms with E-state index < -0.39 is 6.09 Å². The van der Waals surface area contributed by atoms with E-state index in [0.29, 0.717) is 56.3 Å². The average molecular weight is 392 g/mol. The van der Waals surface area contributed by atoms with E-state index in [4.69, 9.17) is 10.00 Å². The molecule has 0 spiro atoms. The summed E-state index contributed by atoms with van der Waals surface area (Å²) in [6, 6.07) is 7.27. The summed E-state index contributed by atoms with van der Waals surface area (Å²) in [6.07, 6.45) is 2.66. The molecular formula is C20H20N6O3. The van der Waals surface area contributed by atoms with Gasteiger partial charge in [-0.25, -0.2) is 14.8 Å². The van der Waals surface area contributed by atoms with Crippen molar-refractivity contribution in [3.05, 3.63) is 47.3 Å². The number of amides is 2. The molecule has 0 unspecified atom stereocenters. The molecule has 0 aliphatic carbocycles. The van der Waals surface area contributed by atoms with Gasteiger partial charge in [0, 0.05) is 38.6 Å². The fraction of sp³-hybridized carbons (Fsp3) is 0.350. The Bertz CT molecular complexity index is 977. The lowest BCUT2D eigenvalue weighted by Crippen LogP contribution is -2.49. The number of nitriles is 1. The summed E-state index contributed by atoms with van der Waals surface area (Å²) in [4.78, 5) is 38.4. The predicted octanol–water partition coefficient (Wildman–Crippen LogP) is 1.58. The molecule has 2 aliphatic rings. The number of aromatic nitrogens is 2. The van der Waals surface area contributed by atoms with Crippen molar-refractivity contribution in [1.29, 1.82) is 5.26 Å². The van der Waals surface area contributed by atoms with Crippen molar-refractivity contribution in [3.63, 3.8) is 0 Å². The number of rotatable bonds is 3.